The summed E-state index contributed by atoms with van der Waals surface area (Å²) in [5, 5.41) is 3.37. The van der Waals surface area contributed by atoms with Gasteiger partial charge in [-0.05, 0) is 38.8 Å². The van der Waals surface area contributed by atoms with Crippen LogP contribution in [-0.2, 0) is 6.42 Å². The second-order valence-electron chi connectivity index (χ2n) is 4.68. The Bertz CT molecular complexity index is 339. The Hall–Kier alpha value is -1.18. The van der Waals surface area contributed by atoms with E-state index in [0.717, 1.165) is 18.7 Å². The van der Waals surface area contributed by atoms with Crippen LogP contribution in [0.2, 0.25) is 0 Å². The smallest absolute Gasteiger partial charge is 0.143 e. The molecule has 0 atom stereocenters. The van der Waals surface area contributed by atoms with Crippen molar-refractivity contribution in [2.45, 2.75) is 32.8 Å². The average molecular weight is 191 g/mol. The van der Waals surface area contributed by atoms with Crippen LogP contribution in [0.15, 0.2) is 18.2 Å². The summed E-state index contributed by atoms with van der Waals surface area (Å²) in [4.78, 5) is 0. The zero-order valence-electron chi connectivity index (χ0n) is 9.05. The van der Waals surface area contributed by atoms with E-state index in [2.05, 4.69) is 38.2 Å². The quantitative estimate of drug-likeness (QED) is 0.737. The lowest BCUT2D eigenvalue weighted by Gasteiger charge is -2.23. The van der Waals surface area contributed by atoms with Crippen molar-refractivity contribution in [3.05, 3.63) is 23.8 Å². The Morgan fingerprint density at radius 2 is 2.07 bits per heavy atom. The topological polar surface area (TPSA) is 21.3 Å². The van der Waals surface area contributed by atoms with E-state index in [1.54, 1.807) is 0 Å². The van der Waals surface area contributed by atoms with Crippen molar-refractivity contribution in [2.75, 3.05) is 11.9 Å². The zero-order valence-corrected chi connectivity index (χ0v) is 9.05. The minimum absolute atomic E-state index is 0.126. The molecule has 1 aromatic carbocycles. The van der Waals surface area contributed by atoms with Crippen molar-refractivity contribution in [1.29, 1.82) is 0 Å². The molecule has 0 fully saturated rings. The summed E-state index contributed by atoms with van der Waals surface area (Å²) in [6.45, 7) is 7.24. The van der Waals surface area contributed by atoms with E-state index >= 15 is 0 Å². The van der Waals surface area contributed by atoms with Gasteiger partial charge in [0.05, 0.1) is 5.69 Å². The molecule has 14 heavy (non-hydrogen) atoms. The van der Waals surface area contributed by atoms with Gasteiger partial charge in [-0.1, -0.05) is 12.1 Å². The van der Waals surface area contributed by atoms with Gasteiger partial charge in [0.1, 0.15) is 11.4 Å². The van der Waals surface area contributed by atoms with Gasteiger partial charge in [0.15, 0.2) is 0 Å². The largest absolute Gasteiger partial charge is 0.486 e. The molecule has 0 saturated heterocycles. The number of rotatable bonds is 1. The van der Waals surface area contributed by atoms with Crippen LogP contribution >= 0.6 is 0 Å². The summed E-state index contributed by atoms with van der Waals surface area (Å²) in [5.74, 6) is 0.979. The third-order valence-corrected chi connectivity index (χ3v) is 2.22. The number of benzene rings is 1. The molecule has 76 valence electrons. The highest BCUT2D eigenvalue weighted by atomic mass is 16.5. The van der Waals surface area contributed by atoms with E-state index in [4.69, 9.17) is 4.74 Å². The molecule has 2 heteroatoms. The number of hydrogen-bond donors (Lipinski definition) is 1. The van der Waals surface area contributed by atoms with E-state index < -0.39 is 0 Å². The highest BCUT2D eigenvalue weighted by molar-refractivity contribution is 5.65. The first kappa shape index (κ1) is 9.38. The number of hydrogen-bond acceptors (Lipinski definition) is 2. The van der Waals surface area contributed by atoms with Gasteiger partial charge >= 0.3 is 0 Å². The van der Waals surface area contributed by atoms with Gasteiger partial charge in [0.25, 0.3) is 0 Å². The summed E-state index contributed by atoms with van der Waals surface area (Å²) in [5.41, 5.74) is 2.42. The van der Waals surface area contributed by atoms with Crippen molar-refractivity contribution in [3.8, 4) is 5.75 Å². The first-order valence-electron chi connectivity index (χ1n) is 5.11. The molecule has 0 unspecified atom stereocenters. The average Bonchev–Trinajstić information content (AvgIpc) is 2.49. The van der Waals surface area contributed by atoms with Gasteiger partial charge in [-0.2, -0.15) is 0 Å². The summed E-state index contributed by atoms with van der Waals surface area (Å²) >= 11 is 0. The van der Waals surface area contributed by atoms with Crippen molar-refractivity contribution in [3.63, 3.8) is 0 Å². The molecule has 0 aliphatic carbocycles. The Balaban J connectivity index is 2.31. The molecule has 0 amide bonds. The molecule has 1 heterocycles. The van der Waals surface area contributed by atoms with Crippen LogP contribution in [0.4, 0.5) is 5.69 Å². The molecular weight excluding hydrogens is 174 g/mol. The number of ether oxygens (including phenoxy) is 1. The second-order valence-corrected chi connectivity index (χ2v) is 4.68. The van der Waals surface area contributed by atoms with E-state index in [0.29, 0.717) is 0 Å². The van der Waals surface area contributed by atoms with Crippen LogP contribution in [0.25, 0.3) is 0 Å². The monoisotopic (exact) mass is 191 g/mol. The van der Waals surface area contributed by atoms with Gasteiger partial charge in [-0.15, -0.1) is 0 Å². The fourth-order valence-corrected chi connectivity index (χ4v) is 1.72. The molecule has 2 rings (SSSR count). The van der Waals surface area contributed by atoms with E-state index in [9.17, 15) is 0 Å². The lowest BCUT2D eigenvalue weighted by Crippen LogP contribution is -2.23. The van der Waals surface area contributed by atoms with Crippen molar-refractivity contribution in [2.24, 2.45) is 0 Å². The van der Waals surface area contributed by atoms with Crippen LogP contribution in [0.1, 0.15) is 26.3 Å². The van der Waals surface area contributed by atoms with E-state index in [-0.39, 0.29) is 5.60 Å². The molecule has 1 aliphatic rings. The Morgan fingerprint density at radius 3 is 2.79 bits per heavy atom. The van der Waals surface area contributed by atoms with Crippen LogP contribution in [0.3, 0.4) is 0 Å². The van der Waals surface area contributed by atoms with Crippen molar-refractivity contribution < 1.29 is 4.74 Å². The molecule has 0 spiro atoms. The SMILES string of the molecule is CC(C)(C)Oc1cccc2c1NCC2. The van der Waals surface area contributed by atoms with Crippen LogP contribution in [0, 0.1) is 0 Å². The summed E-state index contributed by atoms with van der Waals surface area (Å²) in [6.07, 6.45) is 1.11. The lowest BCUT2D eigenvalue weighted by atomic mass is 10.1. The summed E-state index contributed by atoms with van der Waals surface area (Å²) < 4.78 is 5.88. The maximum Gasteiger partial charge on any atom is 0.143 e. The Morgan fingerprint density at radius 1 is 1.29 bits per heavy atom. The first-order valence-corrected chi connectivity index (χ1v) is 5.11. The fraction of sp³-hybridized carbons (Fsp3) is 0.500. The molecule has 0 aromatic heterocycles. The predicted octanol–water partition coefficient (Wildman–Crippen LogP) is 2.83. The van der Waals surface area contributed by atoms with Crippen LogP contribution in [0.5, 0.6) is 5.75 Å². The maximum absolute atomic E-state index is 5.88. The fourth-order valence-electron chi connectivity index (χ4n) is 1.72. The van der Waals surface area contributed by atoms with Gasteiger partial charge in [-0.25, -0.2) is 0 Å². The normalized spacial score (nSPS) is 14.8. The summed E-state index contributed by atoms with van der Waals surface area (Å²) in [7, 11) is 0. The number of anilines is 1. The molecular formula is C12H17NO. The van der Waals surface area contributed by atoms with Gasteiger partial charge in [0, 0.05) is 6.54 Å². The minimum Gasteiger partial charge on any atom is -0.486 e. The molecule has 0 radical (unpaired) electrons. The van der Waals surface area contributed by atoms with E-state index in [1.165, 1.54) is 11.3 Å². The lowest BCUT2D eigenvalue weighted by molar-refractivity contribution is 0.132. The predicted molar refractivity (Wildman–Crippen MR) is 59.0 cm³/mol. The van der Waals surface area contributed by atoms with Crippen molar-refractivity contribution >= 4 is 5.69 Å². The molecule has 0 bridgehead atoms. The Labute approximate surface area is 85.3 Å². The first-order chi connectivity index (χ1) is 6.56. The van der Waals surface area contributed by atoms with Gasteiger partial charge < -0.3 is 10.1 Å². The van der Waals surface area contributed by atoms with Crippen molar-refractivity contribution in [1.82, 2.24) is 0 Å². The van der Waals surface area contributed by atoms with Gasteiger partial charge in [-0.3, -0.25) is 0 Å². The maximum atomic E-state index is 5.88. The number of nitrogens with one attached hydrogen (secondary N) is 1. The van der Waals surface area contributed by atoms with Crippen LogP contribution in [-0.4, -0.2) is 12.1 Å². The third-order valence-electron chi connectivity index (χ3n) is 2.22. The Kier molecular flexibility index (Phi) is 2.14. The summed E-state index contributed by atoms with van der Waals surface area (Å²) in [6, 6.07) is 6.25. The minimum atomic E-state index is -0.126. The zero-order chi connectivity index (χ0) is 10.2. The highest BCUT2D eigenvalue weighted by Gasteiger charge is 2.19. The third kappa shape index (κ3) is 1.84. The van der Waals surface area contributed by atoms with E-state index in [1.807, 2.05) is 6.07 Å². The molecule has 0 saturated carbocycles. The number of para-hydroxylation sites is 1. The van der Waals surface area contributed by atoms with Gasteiger partial charge in [0.2, 0.25) is 0 Å². The molecule has 1 aromatic rings. The molecule has 1 N–H and O–H groups in total. The molecule has 1 aliphatic heterocycles. The number of fused-ring (bicyclic) bond motifs is 1. The highest BCUT2D eigenvalue weighted by Crippen LogP contribution is 2.34. The molecule has 2 nitrogen and oxygen atoms in total. The standard InChI is InChI=1S/C12H17NO/c1-12(2,3)14-10-6-4-5-9-7-8-13-11(9)10/h4-6,13H,7-8H2,1-3H3. The van der Waals surface area contributed by atoms with Crippen LogP contribution < -0.4 is 10.1 Å². The second kappa shape index (κ2) is 3.19.